The lowest BCUT2D eigenvalue weighted by Gasteiger charge is -2.26. The van der Waals surface area contributed by atoms with Crippen molar-refractivity contribution < 1.29 is 9.53 Å². The van der Waals surface area contributed by atoms with E-state index in [0.29, 0.717) is 28.5 Å². The fourth-order valence-corrected chi connectivity index (χ4v) is 2.75. The summed E-state index contributed by atoms with van der Waals surface area (Å²) in [4.78, 5) is 12.7. The van der Waals surface area contributed by atoms with Crippen LogP contribution in [0.3, 0.4) is 0 Å². The first-order valence-electron chi connectivity index (χ1n) is 7.28. The highest BCUT2D eigenvalue weighted by Gasteiger charge is 2.21. The van der Waals surface area contributed by atoms with Gasteiger partial charge in [-0.1, -0.05) is 30.7 Å². The summed E-state index contributed by atoms with van der Waals surface area (Å²) < 4.78 is 5.18. The summed E-state index contributed by atoms with van der Waals surface area (Å²) in [5.41, 5.74) is 8.88. The van der Waals surface area contributed by atoms with Gasteiger partial charge in [0.05, 0.1) is 12.8 Å². The number of methoxy groups -OCH3 is 1. The zero-order valence-electron chi connectivity index (χ0n) is 12.1. The smallest absolute Gasteiger partial charge is 0.195 e. The molecule has 0 radical (unpaired) electrons. The Morgan fingerprint density at radius 2 is 1.95 bits per heavy atom. The first-order valence-corrected chi connectivity index (χ1v) is 7.28. The minimum absolute atomic E-state index is 0.0485. The molecule has 1 saturated carbocycles. The normalized spacial score (nSPS) is 14.5. The van der Waals surface area contributed by atoms with Crippen LogP contribution in [0.4, 0.5) is 5.69 Å². The van der Waals surface area contributed by atoms with Crippen molar-refractivity contribution in [2.75, 3.05) is 12.8 Å². The average Bonchev–Trinajstić information content (AvgIpc) is 2.45. The van der Waals surface area contributed by atoms with Crippen LogP contribution in [0.1, 0.15) is 46.7 Å². The van der Waals surface area contributed by atoms with E-state index in [1.54, 1.807) is 25.3 Å². The van der Waals surface area contributed by atoms with E-state index in [0.717, 1.165) is 0 Å². The maximum atomic E-state index is 12.7. The number of carbonyl (C=O) groups is 1. The van der Waals surface area contributed by atoms with Crippen LogP contribution in [0, 0.1) is 0 Å². The lowest BCUT2D eigenvalue weighted by molar-refractivity contribution is 0.103. The van der Waals surface area contributed by atoms with Gasteiger partial charge in [-0.25, -0.2) is 0 Å². The molecule has 108 valence electrons. The van der Waals surface area contributed by atoms with E-state index in [2.05, 4.69) is 6.07 Å². The number of para-hydroxylation sites is 1. The number of ketones is 1. The molecule has 3 nitrogen and oxygen atoms in total. The third-order valence-electron chi connectivity index (χ3n) is 4.26. The van der Waals surface area contributed by atoms with Crippen LogP contribution in [-0.2, 0) is 0 Å². The van der Waals surface area contributed by atoms with Crippen LogP contribution in [0.5, 0.6) is 5.75 Å². The second kappa shape index (κ2) is 5.60. The number of ether oxygens (including phenoxy) is 1. The molecule has 0 spiro atoms. The van der Waals surface area contributed by atoms with E-state index in [1.165, 1.54) is 24.8 Å². The molecular weight excluding hydrogens is 262 g/mol. The van der Waals surface area contributed by atoms with Crippen molar-refractivity contribution in [1.82, 2.24) is 0 Å². The Bertz CT molecular complexity index is 675. The van der Waals surface area contributed by atoms with E-state index in [-0.39, 0.29) is 5.78 Å². The third-order valence-corrected chi connectivity index (χ3v) is 4.26. The van der Waals surface area contributed by atoms with Crippen LogP contribution < -0.4 is 10.5 Å². The monoisotopic (exact) mass is 281 g/mol. The molecule has 0 amide bonds. The van der Waals surface area contributed by atoms with E-state index < -0.39 is 0 Å². The second-order valence-electron chi connectivity index (χ2n) is 5.50. The Morgan fingerprint density at radius 3 is 2.62 bits per heavy atom. The fourth-order valence-electron chi connectivity index (χ4n) is 2.75. The minimum Gasteiger partial charge on any atom is -0.495 e. The van der Waals surface area contributed by atoms with Crippen molar-refractivity contribution in [3.63, 3.8) is 0 Å². The molecule has 1 aliphatic carbocycles. The first kappa shape index (κ1) is 13.7. The van der Waals surface area contributed by atoms with Gasteiger partial charge >= 0.3 is 0 Å². The lowest BCUT2D eigenvalue weighted by atomic mass is 9.79. The van der Waals surface area contributed by atoms with Gasteiger partial charge in [0.1, 0.15) is 5.75 Å². The molecule has 2 N–H and O–H groups in total. The minimum atomic E-state index is -0.0485. The standard InChI is InChI=1S/C18H19NO2/c1-21-16-10-4-9-15(17(16)19)18(20)14-8-3-7-13(11-14)12-5-2-6-12/h3-4,7-12H,2,5-6,19H2,1H3. The lowest BCUT2D eigenvalue weighted by Crippen LogP contribution is -2.11. The highest BCUT2D eigenvalue weighted by molar-refractivity contribution is 6.12. The van der Waals surface area contributed by atoms with Crippen molar-refractivity contribution in [1.29, 1.82) is 0 Å². The number of nitrogen functional groups attached to an aromatic ring is 1. The van der Waals surface area contributed by atoms with Crippen molar-refractivity contribution in [2.24, 2.45) is 0 Å². The van der Waals surface area contributed by atoms with Gasteiger partial charge in [0.2, 0.25) is 0 Å². The Morgan fingerprint density at radius 1 is 1.19 bits per heavy atom. The van der Waals surface area contributed by atoms with E-state index in [4.69, 9.17) is 10.5 Å². The molecule has 0 aliphatic heterocycles. The molecule has 0 unspecified atom stereocenters. The molecule has 0 atom stereocenters. The van der Waals surface area contributed by atoms with Gasteiger partial charge in [0.25, 0.3) is 0 Å². The Balaban J connectivity index is 1.95. The van der Waals surface area contributed by atoms with Gasteiger partial charge in [-0.15, -0.1) is 0 Å². The Labute approximate surface area is 124 Å². The summed E-state index contributed by atoms with van der Waals surface area (Å²) in [5, 5.41) is 0. The molecule has 3 rings (SSSR count). The Hall–Kier alpha value is -2.29. The molecule has 0 bridgehead atoms. The van der Waals surface area contributed by atoms with Crippen LogP contribution in [-0.4, -0.2) is 12.9 Å². The van der Waals surface area contributed by atoms with Crippen molar-refractivity contribution in [3.05, 3.63) is 59.2 Å². The summed E-state index contributed by atoms with van der Waals surface area (Å²) in [6, 6.07) is 13.2. The largest absolute Gasteiger partial charge is 0.495 e. The number of nitrogens with two attached hydrogens (primary N) is 1. The average molecular weight is 281 g/mol. The first-order chi connectivity index (χ1) is 10.2. The number of carbonyl (C=O) groups excluding carboxylic acids is 1. The topological polar surface area (TPSA) is 52.3 Å². The molecule has 2 aromatic carbocycles. The second-order valence-corrected chi connectivity index (χ2v) is 5.50. The zero-order chi connectivity index (χ0) is 14.8. The van der Waals surface area contributed by atoms with Crippen LogP contribution in [0.15, 0.2) is 42.5 Å². The fraction of sp³-hybridized carbons (Fsp3) is 0.278. The van der Waals surface area contributed by atoms with Crippen molar-refractivity contribution in [3.8, 4) is 5.75 Å². The third kappa shape index (κ3) is 2.51. The number of anilines is 1. The SMILES string of the molecule is COc1cccc(C(=O)c2cccc(C3CCC3)c2)c1N. The molecule has 21 heavy (non-hydrogen) atoms. The molecule has 0 saturated heterocycles. The van der Waals surface area contributed by atoms with E-state index >= 15 is 0 Å². The van der Waals surface area contributed by atoms with Gasteiger partial charge in [-0.2, -0.15) is 0 Å². The molecule has 0 heterocycles. The molecule has 2 aromatic rings. The summed E-state index contributed by atoms with van der Waals surface area (Å²) in [7, 11) is 1.55. The summed E-state index contributed by atoms with van der Waals surface area (Å²) in [6.45, 7) is 0. The molecule has 3 heteroatoms. The number of rotatable bonds is 4. The number of benzene rings is 2. The van der Waals surface area contributed by atoms with Crippen molar-refractivity contribution in [2.45, 2.75) is 25.2 Å². The molecule has 1 aliphatic rings. The van der Waals surface area contributed by atoms with E-state index in [9.17, 15) is 4.79 Å². The Kier molecular flexibility index (Phi) is 3.65. The molecule has 1 fully saturated rings. The summed E-state index contributed by atoms with van der Waals surface area (Å²) in [6.07, 6.45) is 3.73. The summed E-state index contributed by atoms with van der Waals surface area (Å²) >= 11 is 0. The van der Waals surface area contributed by atoms with Crippen molar-refractivity contribution >= 4 is 11.5 Å². The van der Waals surface area contributed by atoms with Gasteiger partial charge in [-0.3, -0.25) is 4.79 Å². The maximum absolute atomic E-state index is 12.7. The molecule has 0 aromatic heterocycles. The molecular formula is C18H19NO2. The van der Waals surface area contributed by atoms with Gasteiger partial charge in [-0.05, 0) is 42.5 Å². The summed E-state index contributed by atoms with van der Waals surface area (Å²) in [5.74, 6) is 1.10. The predicted octanol–water partition coefficient (Wildman–Crippen LogP) is 3.78. The highest BCUT2D eigenvalue weighted by Crippen LogP contribution is 2.37. The van der Waals surface area contributed by atoms with Gasteiger partial charge in [0, 0.05) is 11.1 Å². The number of hydrogen-bond donors (Lipinski definition) is 1. The van der Waals surface area contributed by atoms with Gasteiger partial charge in [0.15, 0.2) is 5.78 Å². The van der Waals surface area contributed by atoms with Crippen LogP contribution in [0.25, 0.3) is 0 Å². The zero-order valence-corrected chi connectivity index (χ0v) is 12.1. The number of hydrogen-bond acceptors (Lipinski definition) is 3. The quantitative estimate of drug-likeness (QED) is 0.685. The van der Waals surface area contributed by atoms with Crippen LogP contribution in [0.2, 0.25) is 0 Å². The van der Waals surface area contributed by atoms with E-state index in [1.807, 2.05) is 18.2 Å². The maximum Gasteiger partial charge on any atom is 0.195 e. The predicted molar refractivity (Wildman–Crippen MR) is 83.9 cm³/mol. The van der Waals surface area contributed by atoms with Crippen LogP contribution >= 0.6 is 0 Å². The van der Waals surface area contributed by atoms with Gasteiger partial charge < -0.3 is 10.5 Å². The highest BCUT2D eigenvalue weighted by atomic mass is 16.5.